The first-order valence-corrected chi connectivity index (χ1v) is 7.81. The molecule has 1 atom stereocenters. The number of benzene rings is 1. The fraction of sp³-hybridized carbons (Fsp3) is 0.389. The van der Waals surface area contributed by atoms with Gasteiger partial charge in [0.1, 0.15) is 5.76 Å². The van der Waals surface area contributed by atoms with Crippen molar-refractivity contribution in [2.24, 2.45) is 5.92 Å². The highest BCUT2D eigenvalue weighted by molar-refractivity contribution is 5.95. The lowest BCUT2D eigenvalue weighted by molar-refractivity contribution is 0.0945. The van der Waals surface area contributed by atoms with Gasteiger partial charge in [-0.05, 0) is 37.4 Å². The Morgan fingerprint density at radius 1 is 1.32 bits per heavy atom. The lowest BCUT2D eigenvalue weighted by atomic mass is 10.1. The molecule has 4 heteroatoms. The number of aryl methyl sites for hydroxylation is 1. The van der Waals surface area contributed by atoms with Gasteiger partial charge < -0.3 is 9.73 Å². The van der Waals surface area contributed by atoms with Crippen molar-refractivity contribution in [3.05, 3.63) is 59.5 Å². The Hall–Kier alpha value is -2.07. The molecule has 3 rings (SSSR count). The average Bonchev–Trinajstić information content (AvgIpc) is 3.15. The van der Waals surface area contributed by atoms with Gasteiger partial charge >= 0.3 is 0 Å². The molecule has 0 spiro atoms. The fourth-order valence-corrected chi connectivity index (χ4v) is 3.02. The molecule has 1 aliphatic rings. The minimum Gasteiger partial charge on any atom is -0.469 e. The maximum atomic E-state index is 12.1. The largest absolute Gasteiger partial charge is 0.469 e. The van der Waals surface area contributed by atoms with Gasteiger partial charge in [0.25, 0.3) is 5.91 Å². The summed E-state index contributed by atoms with van der Waals surface area (Å²) in [6.45, 7) is 5.67. The number of rotatable bonds is 5. The van der Waals surface area contributed by atoms with Gasteiger partial charge in [-0.1, -0.05) is 30.3 Å². The second-order valence-electron chi connectivity index (χ2n) is 5.98. The van der Waals surface area contributed by atoms with Crippen LogP contribution in [0.15, 0.2) is 47.1 Å². The molecule has 1 fully saturated rings. The maximum Gasteiger partial charge on any atom is 0.254 e. The van der Waals surface area contributed by atoms with E-state index in [0.29, 0.717) is 17.2 Å². The first-order valence-electron chi connectivity index (χ1n) is 7.81. The van der Waals surface area contributed by atoms with Crippen molar-refractivity contribution in [2.75, 3.05) is 19.6 Å². The number of likely N-dealkylation sites (tertiary alicyclic amines) is 1. The molecule has 2 heterocycles. The quantitative estimate of drug-likeness (QED) is 0.923. The zero-order valence-corrected chi connectivity index (χ0v) is 12.9. The van der Waals surface area contributed by atoms with Gasteiger partial charge in [0, 0.05) is 19.6 Å². The molecule has 1 aliphatic heterocycles. The molecule has 1 N–H and O–H groups in total. The average molecular weight is 298 g/mol. The van der Waals surface area contributed by atoms with E-state index >= 15 is 0 Å². The lowest BCUT2D eigenvalue weighted by Gasteiger charge is -2.16. The Morgan fingerprint density at radius 2 is 2.14 bits per heavy atom. The third-order valence-corrected chi connectivity index (χ3v) is 4.27. The Bertz CT molecular complexity index is 621. The highest BCUT2D eigenvalue weighted by Crippen LogP contribution is 2.18. The highest BCUT2D eigenvalue weighted by atomic mass is 16.3. The van der Waals surface area contributed by atoms with Crippen LogP contribution in [0.5, 0.6) is 0 Å². The normalized spacial score (nSPS) is 18.5. The molecule has 0 bridgehead atoms. The van der Waals surface area contributed by atoms with E-state index in [0.717, 1.165) is 32.6 Å². The Labute approximate surface area is 131 Å². The van der Waals surface area contributed by atoms with Gasteiger partial charge in [0.2, 0.25) is 0 Å². The summed E-state index contributed by atoms with van der Waals surface area (Å²) in [7, 11) is 0. The predicted molar refractivity (Wildman–Crippen MR) is 85.6 cm³/mol. The number of hydrogen-bond donors (Lipinski definition) is 1. The molecular formula is C18H22N2O2. The van der Waals surface area contributed by atoms with E-state index < -0.39 is 0 Å². The first-order chi connectivity index (χ1) is 10.7. The molecule has 0 aliphatic carbocycles. The standard InChI is InChI=1S/C18H22N2O2/c1-14-17(8-10-22-14)18(21)19-11-16-7-9-20(13-16)12-15-5-3-2-4-6-15/h2-6,8,10,16H,7,9,11-13H2,1H3,(H,19,21)/t16-/m1/s1. The summed E-state index contributed by atoms with van der Waals surface area (Å²) < 4.78 is 5.17. The molecule has 4 nitrogen and oxygen atoms in total. The van der Waals surface area contributed by atoms with Crippen LogP contribution in [0.2, 0.25) is 0 Å². The van der Waals surface area contributed by atoms with Gasteiger partial charge in [-0.2, -0.15) is 0 Å². The SMILES string of the molecule is Cc1occc1C(=O)NC[C@H]1CCN(Cc2ccccc2)C1. The summed E-state index contributed by atoms with van der Waals surface area (Å²) in [5.41, 5.74) is 1.99. The van der Waals surface area contributed by atoms with Crippen LogP contribution in [0.25, 0.3) is 0 Å². The van der Waals surface area contributed by atoms with Crippen molar-refractivity contribution in [1.82, 2.24) is 10.2 Å². The van der Waals surface area contributed by atoms with E-state index in [-0.39, 0.29) is 5.91 Å². The first kappa shape index (κ1) is 14.9. The lowest BCUT2D eigenvalue weighted by Crippen LogP contribution is -2.31. The third kappa shape index (κ3) is 3.57. The van der Waals surface area contributed by atoms with Crippen LogP contribution < -0.4 is 5.32 Å². The van der Waals surface area contributed by atoms with Crippen LogP contribution in [0.4, 0.5) is 0 Å². The van der Waals surface area contributed by atoms with E-state index in [9.17, 15) is 4.79 Å². The van der Waals surface area contributed by atoms with Gasteiger partial charge in [-0.3, -0.25) is 9.69 Å². The number of carbonyl (C=O) groups is 1. The molecule has 1 aromatic heterocycles. The van der Waals surface area contributed by atoms with Crippen molar-refractivity contribution in [3.8, 4) is 0 Å². The van der Waals surface area contributed by atoms with Crippen LogP contribution in [0.3, 0.4) is 0 Å². The Morgan fingerprint density at radius 3 is 2.86 bits per heavy atom. The maximum absolute atomic E-state index is 12.1. The molecule has 0 saturated carbocycles. The smallest absolute Gasteiger partial charge is 0.254 e. The van der Waals surface area contributed by atoms with Crippen molar-refractivity contribution >= 4 is 5.91 Å². The number of furan rings is 1. The Kier molecular flexibility index (Phi) is 4.59. The molecule has 2 aromatic rings. The summed E-state index contributed by atoms with van der Waals surface area (Å²) in [5, 5.41) is 3.03. The molecule has 22 heavy (non-hydrogen) atoms. The fourth-order valence-electron chi connectivity index (χ4n) is 3.02. The molecule has 0 radical (unpaired) electrons. The molecule has 1 aromatic carbocycles. The number of carbonyl (C=O) groups excluding carboxylic acids is 1. The monoisotopic (exact) mass is 298 g/mol. The van der Waals surface area contributed by atoms with Crippen LogP contribution in [0.1, 0.15) is 28.1 Å². The number of hydrogen-bond acceptors (Lipinski definition) is 3. The molecule has 0 unspecified atom stereocenters. The van der Waals surface area contributed by atoms with Gasteiger partial charge in [0.15, 0.2) is 0 Å². The van der Waals surface area contributed by atoms with Crippen LogP contribution in [0, 0.1) is 12.8 Å². The van der Waals surface area contributed by atoms with E-state index in [2.05, 4.69) is 34.5 Å². The van der Waals surface area contributed by atoms with E-state index in [1.54, 1.807) is 12.3 Å². The summed E-state index contributed by atoms with van der Waals surface area (Å²) in [4.78, 5) is 14.5. The molecule has 1 saturated heterocycles. The predicted octanol–water partition coefficient (Wildman–Crippen LogP) is 2.84. The van der Waals surface area contributed by atoms with E-state index in [4.69, 9.17) is 4.42 Å². The van der Waals surface area contributed by atoms with Gasteiger partial charge in [-0.25, -0.2) is 0 Å². The van der Waals surface area contributed by atoms with Crippen LogP contribution in [-0.2, 0) is 6.54 Å². The second-order valence-corrected chi connectivity index (χ2v) is 5.98. The van der Waals surface area contributed by atoms with Crippen molar-refractivity contribution in [2.45, 2.75) is 19.9 Å². The minimum atomic E-state index is -0.0345. The molecule has 116 valence electrons. The van der Waals surface area contributed by atoms with Crippen LogP contribution in [-0.4, -0.2) is 30.4 Å². The molecule has 1 amide bonds. The van der Waals surface area contributed by atoms with Gasteiger partial charge in [-0.15, -0.1) is 0 Å². The topological polar surface area (TPSA) is 45.5 Å². The zero-order valence-electron chi connectivity index (χ0n) is 12.9. The molecular weight excluding hydrogens is 276 g/mol. The zero-order chi connectivity index (χ0) is 15.4. The van der Waals surface area contributed by atoms with Crippen LogP contribution >= 0.6 is 0 Å². The summed E-state index contributed by atoms with van der Waals surface area (Å²) in [6, 6.07) is 12.3. The number of nitrogens with zero attached hydrogens (tertiary/aromatic N) is 1. The third-order valence-electron chi connectivity index (χ3n) is 4.27. The summed E-state index contributed by atoms with van der Waals surface area (Å²) >= 11 is 0. The van der Waals surface area contributed by atoms with Gasteiger partial charge in [0.05, 0.1) is 11.8 Å². The minimum absolute atomic E-state index is 0.0345. The highest BCUT2D eigenvalue weighted by Gasteiger charge is 2.23. The van der Waals surface area contributed by atoms with Crippen molar-refractivity contribution < 1.29 is 9.21 Å². The second kappa shape index (κ2) is 6.79. The number of amides is 1. The Balaban J connectivity index is 1.45. The number of nitrogens with one attached hydrogen (secondary N) is 1. The van der Waals surface area contributed by atoms with Crippen molar-refractivity contribution in [1.29, 1.82) is 0 Å². The van der Waals surface area contributed by atoms with Crippen molar-refractivity contribution in [3.63, 3.8) is 0 Å². The van der Waals surface area contributed by atoms with E-state index in [1.165, 1.54) is 5.56 Å². The summed E-state index contributed by atoms with van der Waals surface area (Å²) in [5.74, 6) is 1.17. The van der Waals surface area contributed by atoms with E-state index in [1.807, 2.05) is 13.0 Å². The summed E-state index contributed by atoms with van der Waals surface area (Å²) in [6.07, 6.45) is 2.69.